The third-order valence-corrected chi connectivity index (χ3v) is 5.86. The van der Waals surface area contributed by atoms with Crippen molar-refractivity contribution in [2.75, 3.05) is 29.4 Å². The van der Waals surface area contributed by atoms with Gasteiger partial charge in [0.15, 0.2) is 5.75 Å². The van der Waals surface area contributed by atoms with E-state index in [-0.39, 0.29) is 12.1 Å². The van der Waals surface area contributed by atoms with Gasteiger partial charge in [0.05, 0.1) is 33.7 Å². The molecule has 0 atom stereocenters. The fourth-order valence-corrected chi connectivity index (χ4v) is 4.36. The molecule has 0 spiro atoms. The lowest BCUT2D eigenvalue weighted by molar-refractivity contribution is 0.342. The highest BCUT2D eigenvalue weighted by atomic mass is 35.5. The molecule has 0 radical (unpaired) electrons. The summed E-state index contributed by atoms with van der Waals surface area (Å²) in [5, 5.41) is 10.1. The summed E-state index contributed by atoms with van der Waals surface area (Å²) in [5.74, 6) is 4.17. The molecule has 1 aromatic heterocycles. The van der Waals surface area contributed by atoms with E-state index in [1.165, 1.54) is 6.26 Å². The molecule has 0 amide bonds. The zero-order chi connectivity index (χ0) is 28.7. The molecule has 0 aliphatic rings. The van der Waals surface area contributed by atoms with Crippen LogP contribution in [0, 0.1) is 11.3 Å². The summed E-state index contributed by atoms with van der Waals surface area (Å²) in [6.07, 6.45) is 3.09. The summed E-state index contributed by atoms with van der Waals surface area (Å²) in [7, 11) is -0.861. The minimum absolute atomic E-state index is 0.271. The van der Waals surface area contributed by atoms with Crippen molar-refractivity contribution >= 4 is 67.7 Å². The highest BCUT2D eigenvalue weighted by Crippen LogP contribution is 2.40. The molecule has 2 N–H and O–H groups in total. The summed E-state index contributed by atoms with van der Waals surface area (Å²) in [5.41, 5.74) is 11.2. The lowest BCUT2D eigenvalue weighted by atomic mass is 10.00. The number of fused-ring (bicyclic) bond motifs is 1. The number of hydrogen-bond acceptors (Lipinski definition) is 8. The van der Waals surface area contributed by atoms with Crippen LogP contribution in [0.2, 0.25) is 5.02 Å². The van der Waals surface area contributed by atoms with Crippen molar-refractivity contribution in [3.05, 3.63) is 71.4 Å². The Balaban J connectivity index is 0.000000983. The van der Waals surface area contributed by atoms with E-state index in [0.29, 0.717) is 28.0 Å². The standard InChI is InChI=1S/C27H25Cl2N5O.C2H5OS/c1-27(2,3)34(21-12-19(15-30)26(22(29)14-21)35-11-10-28)20-7-4-17(5-8-20)18-6-9-23-24(13-18)32-16-25(31)33-23;1-4(2)3/h4-9,12-14,16H,10-11H2,1-3H3,(H2,31,33);1H2,2H3/q;-1. The molecule has 204 valence electrons. The van der Waals surface area contributed by atoms with Crippen LogP contribution in [0.1, 0.15) is 26.3 Å². The van der Waals surface area contributed by atoms with Crippen LogP contribution < -0.4 is 15.4 Å². The van der Waals surface area contributed by atoms with Crippen molar-refractivity contribution in [3.8, 4) is 22.9 Å². The zero-order valence-electron chi connectivity index (χ0n) is 22.2. The smallest absolute Gasteiger partial charge is 0.155 e. The van der Waals surface area contributed by atoms with Gasteiger partial charge in [-0.05, 0) is 68.3 Å². The van der Waals surface area contributed by atoms with Gasteiger partial charge >= 0.3 is 0 Å². The maximum Gasteiger partial charge on any atom is 0.155 e. The molecule has 10 heteroatoms. The molecular formula is C29H30Cl2N5O2S-. The predicted octanol–water partition coefficient (Wildman–Crippen LogP) is 6.97. The van der Waals surface area contributed by atoms with Crippen LogP contribution in [-0.4, -0.2) is 40.1 Å². The van der Waals surface area contributed by atoms with E-state index in [1.807, 2.05) is 24.3 Å². The summed E-state index contributed by atoms with van der Waals surface area (Å²) in [4.78, 5) is 10.8. The van der Waals surface area contributed by atoms with Crippen molar-refractivity contribution in [3.63, 3.8) is 0 Å². The van der Waals surface area contributed by atoms with Crippen LogP contribution >= 0.6 is 23.2 Å². The van der Waals surface area contributed by atoms with Gasteiger partial charge in [-0.3, -0.25) is 15.4 Å². The number of halogens is 2. The van der Waals surface area contributed by atoms with E-state index in [1.54, 1.807) is 12.3 Å². The van der Waals surface area contributed by atoms with Crippen LogP contribution in [0.15, 0.2) is 60.8 Å². The fraction of sp³-hybridized carbons (Fsp3) is 0.241. The molecule has 0 aliphatic heterocycles. The van der Waals surface area contributed by atoms with Crippen molar-refractivity contribution in [1.29, 1.82) is 5.26 Å². The molecule has 0 saturated heterocycles. The minimum atomic E-state index is -0.861. The van der Waals surface area contributed by atoms with Gasteiger partial charge in [-0.15, -0.1) is 17.9 Å². The van der Waals surface area contributed by atoms with Crippen molar-refractivity contribution in [2.45, 2.75) is 26.3 Å². The first-order chi connectivity index (χ1) is 18.4. The molecule has 0 saturated carbocycles. The number of benzene rings is 3. The number of alkyl halides is 1. The van der Waals surface area contributed by atoms with Crippen molar-refractivity contribution in [1.82, 2.24) is 9.97 Å². The summed E-state index contributed by atoms with van der Waals surface area (Å²) < 4.78 is 15.1. The SMILES string of the molecule is C=[S-](C)=O.CC(C)(C)N(c1ccc(-c2ccc3nc(N)cnc3c2)cc1)c1cc(Cl)c(OCCCl)c(C#N)c1. The van der Waals surface area contributed by atoms with Crippen LogP contribution in [-0.2, 0) is 14.6 Å². The Morgan fingerprint density at radius 1 is 1.08 bits per heavy atom. The number of nitrogens with zero attached hydrogens (tertiary/aromatic N) is 4. The van der Waals surface area contributed by atoms with Gasteiger partial charge in [0, 0.05) is 16.9 Å². The van der Waals surface area contributed by atoms with Crippen molar-refractivity contribution < 1.29 is 8.95 Å². The number of rotatable bonds is 6. The van der Waals surface area contributed by atoms with Crippen LogP contribution in [0.25, 0.3) is 22.2 Å². The van der Waals surface area contributed by atoms with Gasteiger partial charge in [0.1, 0.15) is 18.5 Å². The van der Waals surface area contributed by atoms with E-state index in [2.05, 4.69) is 71.8 Å². The lowest BCUT2D eigenvalue weighted by Crippen LogP contribution is -2.37. The maximum atomic E-state index is 9.72. The maximum absolute atomic E-state index is 9.72. The summed E-state index contributed by atoms with van der Waals surface area (Å²) in [6.45, 7) is 6.58. The fourth-order valence-electron chi connectivity index (χ4n) is 4.01. The molecule has 0 aliphatic carbocycles. The molecule has 3 aromatic carbocycles. The van der Waals surface area contributed by atoms with Crippen molar-refractivity contribution in [2.24, 2.45) is 0 Å². The predicted molar refractivity (Wildman–Crippen MR) is 165 cm³/mol. The average Bonchev–Trinajstić information content (AvgIpc) is 2.87. The summed E-state index contributed by atoms with van der Waals surface area (Å²) >= 11 is 12.3. The van der Waals surface area contributed by atoms with E-state index >= 15 is 0 Å². The minimum Gasteiger partial charge on any atom is -0.489 e. The van der Waals surface area contributed by atoms with Gasteiger partial charge in [-0.25, -0.2) is 4.98 Å². The molecule has 7 nitrogen and oxygen atoms in total. The first-order valence-electron chi connectivity index (χ1n) is 11.9. The van der Waals surface area contributed by atoms with Crippen LogP contribution in [0.5, 0.6) is 5.75 Å². The third kappa shape index (κ3) is 7.76. The monoisotopic (exact) mass is 582 g/mol. The number of nitrogens with two attached hydrogens (primary N) is 1. The topological polar surface area (TPSA) is 105 Å². The highest BCUT2D eigenvalue weighted by Gasteiger charge is 2.26. The van der Waals surface area contributed by atoms with E-state index in [0.717, 1.165) is 33.5 Å². The Labute approximate surface area is 241 Å². The second-order valence-electron chi connectivity index (χ2n) is 9.58. The zero-order valence-corrected chi connectivity index (χ0v) is 24.6. The molecule has 1 heterocycles. The van der Waals surface area contributed by atoms with Crippen LogP contribution in [0.3, 0.4) is 0 Å². The Morgan fingerprint density at radius 3 is 2.31 bits per heavy atom. The molecule has 4 aromatic rings. The van der Waals surface area contributed by atoms with Gasteiger partial charge < -0.3 is 19.6 Å². The van der Waals surface area contributed by atoms with E-state index < -0.39 is 10.4 Å². The lowest BCUT2D eigenvalue weighted by Gasteiger charge is -2.38. The van der Waals surface area contributed by atoms with Gasteiger partial charge in [0.2, 0.25) is 0 Å². The molecule has 39 heavy (non-hydrogen) atoms. The third-order valence-electron chi connectivity index (χ3n) is 5.42. The number of ether oxygens (including phenoxy) is 1. The quantitative estimate of drug-likeness (QED) is 0.148. The van der Waals surface area contributed by atoms with E-state index in [4.69, 9.17) is 33.7 Å². The number of nitriles is 1. The summed E-state index contributed by atoms with van der Waals surface area (Å²) in [6, 6.07) is 20.0. The molecule has 4 rings (SSSR count). The number of nitrogen functional groups attached to an aromatic ring is 1. The Kier molecular flexibility index (Phi) is 10.0. The Hall–Kier alpha value is -3.51. The number of aromatic nitrogens is 2. The van der Waals surface area contributed by atoms with Gasteiger partial charge in [0.25, 0.3) is 0 Å². The Morgan fingerprint density at radius 2 is 1.72 bits per heavy atom. The molecule has 0 unspecified atom stereocenters. The highest BCUT2D eigenvalue weighted by molar-refractivity contribution is 7.81. The van der Waals surface area contributed by atoms with Gasteiger partial charge in [-0.2, -0.15) is 11.1 Å². The van der Waals surface area contributed by atoms with Crippen LogP contribution in [0.4, 0.5) is 17.2 Å². The average molecular weight is 584 g/mol. The molecule has 0 fully saturated rings. The first-order valence-corrected chi connectivity index (χ1v) is 14.6. The second kappa shape index (κ2) is 13.0. The number of anilines is 3. The second-order valence-corrected chi connectivity index (χ2v) is 11.5. The van der Waals surface area contributed by atoms with E-state index in [9.17, 15) is 9.47 Å². The normalized spacial score (nSPS) is 11.0. The first kappa shape index (κ1) is 30.0. The molecule has 0 bridgehead atoms. The molecular weight excluding hydrogens is 553 g/mol. The van der Waals surface area contributed by atoms with Gasteiger partial charge in [-0.1, -0.05) is 29.8 Å². The largest absolute Gasteiger partial charge is 0.489 e. The Bertz CT molecular complexity index is 1570. The number of hydrogen-bond donors (Lipinski definition) is 1.